The van der Waals surface area contributed by atoms with Gasteiger partial charge in [-0.05, 0) is 47.4 Å². The number of halogens is 1. The number of allylic oxidation sites excluding steroid dienone is 5. The highest BCUT2D eigenvalue weighted by atomic mass is 79.9. The molecule has 1 heteroatoms. The van der Waals surface area contributed by atoms with E-state index in [1.807, 2.05) is 37.3 Å². The van der Waals surface area contributed by atoms with E-state index in [2.05, 4.69) is 65.0 Å². The Bertz CT molecular complexity index is 649. The van der Waals surface area contributed by atoms with Gasteiger partial charge in [0.25, 0.3) is 0 Å². The normalized spacial score (nSPS) is 11.3. The lowest BCUT2D eigenvalue weighted by atomic mass is 9.99. The van der Waals surface area contributed by atoms with Crippen molar-refractivity contribution in [2.75, 3.05) is 0 Å². The monoisotopic (exact) mass is 324 g/mol. The molecule has 0 spiro atoms. The van der Waals surface area contributed by atoms with Crippen LogP contribution >= 0.6 is 15.9 Å². The molecule has 2 rings (SSSR count). The van der Waals surface area contributed by atoms with Crippen LogP contribution in [0.3, 0.4) is 0 Å². The number of hydrogen-bond acceptors (Lipinski definition) is 0. The summed E-state index contributed by atoms with van der Waals surface area (Å²) < 4.78 is 1.06. The summed E-state index contributed by atoms with van der Waals surface area (Å²) in [6, 6.07) is 16.8. The molecule has 100 valence electrons. The van der Waals surface area contributed by atoms with Crippen molar-refractivity contribution in [3.63, 3.8) is 0 Å². The summed E-state index contributed by atoms with van der Waals surface area (Å²) in [5.74, 6) is 0. The zero-order chi connectivity index (χ0) is 14.4. The summed E-state index contributed by atoms with van der Waals surface area (Å²) in [6.45, 7) is 6.13. The Morgan fingerprint density at radius 2 is 1.75 bits per heavy atom. The molecule has 2 aromatic carbocycles. The molecule has 20 heavy (non-hydrogen) atoms. The maximum atomic E-state index is 4.13. The van der Waals surface area contributed by atoms with Crippen LogP contribution in [-0.4, -0.2) is 0 Å². The van der Waals surface area contributed by atoms with Gasteiger partial charge in [-0.1, -0.05) is 77.1 Å². The predicted molar refractivity (Wildman–Crippen MR) is 92.6 cm³/mol. The van der Waals surface area contributed by atoms with Crippen molar-refractivity contribution < 1.29 is 0 Å². The first-order chi connectivity index (χ1) is 9.70. The highest BCUT2D eigenvalue weighted by Crippen LogP contribution is 2.28. The van der Waals surface area contributed by atoms with Crippen LogP contribution < -0.4 is 0 Å². The maximum Gasteiger partial charge on any atom is 0.0187 e. The first-order valence-corrected chi connectivity index (χ1v) is 7.34. The van der Waals surface area contributed by atoms with E-state index in [9.17, 15) is 0 Å². The van der Waals surface area contributed by atoms with Crippen molar-refractivity contribution in [1.29, 1.82) is 0 Å². The Morgan fingerprint density at radius 3 is 2.45 bits per heavy atom. The number of hydrogen-bond donors (Lipinski definition) is 0. The van der Waals surface area contributed by atoms with Gasteiger partial charge in [-0.15, -0.1) is 0 Å². The van der Waals surface area contributed by atoms with E-state index in [1.165, 1.54) is 11.1 Å². The van der Waals surface area contributed by atoms with Crippen molar-refractivity contribution in [2.24, 2.45) is 0 Å². The Morgan fingerprint density at radius 1 is 1.00 bits per heavy atom. The fraction of sp³-hybridized carbons (Fsp3) is 0.0526. The number of rotatable bonds is 4. The fourth-order valence-corrected chi connectivity index (χ4v) is 2.44. The third kappa shape index (κ3) is 3.82. The zero-order valence-corrected chi connectivity index (χ0v) is 13.1. The second-order valence-electron chi connectivity index (χ2n) is 4.50. The van der Waals surface area contributed by atoms with Crippen LogP contribution in [0.1, 0.15) is 12.5 Å². The smallest absolute Gasteiger partial charge is 0.0187 e. The summed E-state index contributed by atoms with van der Waals surface area (Å²) in [6.07, 6.45) is 8.03. The minimum absolute atomic E-state index is 1.00. The summed E-state index contributed by atoms with van der Waals surface area (Å²) in [5, 5.41) is 0. The molecule has 0 bridgehead atoms. The molecule has 0 saturated heterocycles. The van der Waals surface area contributed by atoms with Crippen molar-refractivity contribution in [3.05, 3.63) is 89.5 Å². The Balaban J connectivity index is 2.37. The quantitative estimate of drug-likeness (QED) is 0.582. The molecule has 0 amide bonds. The minimum Gasteiger partial charge on any atom is -0.0912 e. The number of benzene rings is 2. The molecule has 0 nitrogen and oxygen atoms in total. The molecule has 0 aromatic heterocycles. The van der Waals surface area contributed by atoms with Crippen LogP contribution in [0.2, 0.25) is 0 Å². The molecule has 0 fully saturated rings. The lowest BCUT2D eigenvalue weighted by Crippen LogP contribution is -1.84. The summed E-state index contributed by atoms with van der Waals surface area (Å²) in [7, 11) is 0. The maximum absolute atomic E-state index is 4.13. The van der Waals surface area contributed by atoms with Gasteiger partial charge in [-0.25, -0.2) is 0 Å². The topological polar surface area (TPSA) is 0 Å². The molecule has 0 radical (unpaired) electrons. The van der Waals surface area contributed by atoms with Crippen LogP contribution in [0.4, 0.5) is 0 Å². The highest BCUT2D eigenvalue weighted by molar-refractivity contribution is 9.10. The Labute approximate surface area is 129 Å². The van der Waals surface area contributed by atoms with E-state index in [0.29, 0.717) is 0 Å². The van der Waals surface area contributed by atoms with Crippen molar-refractivity contribution in [2.45, 2.75) is 6.92 Å². The fourth-order valence-electron chi connectivity index (χ4n) is 1.95. The van der Waals surface area contributed by atoms with Gasteiger partial charge in [0.2, 0.25) is 0 Å². The molecule has 0 aliphatic rings. The van der Waals surface area contributed by atoms with Gasteiger partial charge in [0.1, 0.15) is 0 Å². The van der Waals surface area contributed by atoms with Crippen molar-refractivity contribution in [3.8, 4) is 11.1 Å². The first-order valence-electron chi connectivity index (χ1n) is 6.55. The molecule has 0 aliphatic heterocycles. The lowest BCUT2D eigenvalue weighted by molar-refractivity contribution is 1.55. The second kappa shape index (κ2) is 7.06. The summed E-state index contributed by atoms with van der Waals surface area (Å²) in [4.78, 5) is 0. The van der Waals surface area contributed by atoms with Gasteiger partial charge >= 0.3 is 0 Å². The lowest BCUT2D eigenvalue weighted by Gasteiger charge is -2.07. The minimum atomic E-state index is 1.00. The molecular formula is C19H17Br. The molecular weight excluding hydrogens is 308 g/mol. The second-order valence-corrected chi connectivity index (χ2v) is 5.42. The van der Waals surface area contributed by atoms with E-state index < -0.39 is 0 Å². The van der Waals surface area contributed by atoms with Gasteiger partial charge in [0, 0.05) is 4.47 Å². The molecule has 0 N–H and O–H groups in total. The first kappa shape index (κ1) is 14.5. The Hall–Kier alpha value is -1.86. The summed E-state index contributed by atoms with van der Waals surface area (Å²) >= 11 is 3.58. The highest BCUT2D eigenvalue weighted by Gasteiger charge is 2.03. The van der Waals surface area contributed by atoms with Crippen LogP contribution in [0.5, 0.6) is 0 Å². The summed E-state index contributed by atoms with van der Waals surface area (Å²) in [5.41, 5.74) is 4.52. The molecule has 0 saturated carbocycles. The third-order valence-electron chi connectivity index (χ3n) is 2.98. The molecule has 0 atom stereocenters. The molecule has 2 aromatic rings. The average molecular weight is 325 g/mol. The van der Waals surface area contributed by atoms with Gasteiger partial charge in [0.15, 0.2) is 0 Å². The SMILES string of the molecule is C=C(/C=C\C=C/C)c1cc(Br)cc(-c2ccccc2)c1. The van der Waals surface area contributed by atoms with Crippen LogP contribution in [0.25, 0.3) is 16.7 Å². The van der Waals surface area contributed by atoms with E-state index in [1.54, 1.807) is 0 Å². The zero-order valence-electron chi connectivity index (χ0n) is 11.5. The van der Waals surface area contributed by atoms with Crippen molar-refractivity contribution in [1.82, 2.24) is 0 Å². The predicted octanol–water partition coefficient (Wildman–Crippen LogP) is 6.26. The van der Waals surface area contributed by atoms with E-state index in [0.717, 1.165) is 15.6 Å². The molecule has 0 unspecified atom stereocenters. The van der Waals surface area contributed by atoms with Gasteiger partial charge in [0.05, 0.1) is 0 Å². The van der Waals surface area contributed by atoms with E-state index in [-0.39, 0.29) is 0 Å². The molecule has 0 heterocycles. The van der Waals surface area contributed by atoms with Gasteiger partial charge in [-0.2, -0.15) is 0 Å². The van der Waals surface area contributed by atoms with Crippen LogP contribution in [-0.2, 0) is 0 Å². The molecule has 0 aliphatic carbocycles. The Kier molecular flexibility index (Phi) is 5.14. The van der Waals surface area contributed by atoms with Gasteiger partial charge in [-0.3, -0.25) is 0 Å². The van der Waals surface area contributed by atoms with Crippen molar-refractivity contribution >= 4 is 21.5 Å². The van der Waals surface area contributed by atoms with E-state index in [4.69, 9.17) is 0 Å². The average Bonchev–Trinajstić information content (AvgIpc) is 2.47. The standard InChI is InChI=1S/C19H17Br/c1-3-4-6-9-15(2)17-12-18(14-19(20)13-17)16-10-7-5-8-11-16/h3-14H,2H2,1H3/b4-3-,9-6-. The van der Waals surface area contributed by atoms with E-state index >= 15 is 0 Å². The van der Waals surface area contributed by atoms with Crippen LogP contribution in [0, 0.1) is 0 Å². The third-order valence-corrected chi connectivity index (χ3v) is 3.43. The largest absolute Gasteiger partial charge is 0.0912 e. The van der Waals surface area contributed by atoms with Gasteiger partial charge < -0.3 is 0 Å². The van der Waals surface area contributed by atoms with Crippen LogP contribution in [0.15, 0.2) is 83.9 Å².